The van der Waals surface area contributed by atoms with E-state index >= 15 is 0 Å². The number of aromatic nitrogens is 1. The Bertz CT molecular complexity index is 884. The minimum Gasteiger partial charge on any atom is -0.441 e. The summed E-state index contributed by atoms with van der Waals surface area (Å²) in [5.74, 6) is -0.372. The van der Waals surface area contributed by atoms with E-state index in [2.05, 4.69) is 10.3 Å². The van der Waals surface area contributed by atoms with Gasteiger partial charge in [0, 0.05) is 12.6 Å². The highest BCUT2D eigenvalue weighted by Gasteiger charge is 2.34. The predicted molar refractivity (Wildman–Crippen MR) is 78.1 cm³/mol. The summed E-state index contributed by atoms with van der Waals surface area (Å²) in [5, 5.41) is 2.45. The molecule has 2 aromatic carbocycles. The molecule has 1 aromatic heterocycles. The lowest BCUT2D eigenvalue weighted by Gasteiger charge is -2.12. The van der Waals surface area contributed by atoms with Crippen LogP contribution in [0.15, 0.2) is 46.9 Å². The number of halogens is 3. The van der Waals surface area contributed by atoms with Crippen molar-refractivity contribution in [3.63, 3.8) is 0 Å². The van der Waals surface area contributed by atoms with Gasteiger partial charge in [-0.1, -0.05) is 12.1 Å². The van der Waals surface area contributed by atoms with Crippen molar-refractivity contribution in [3.05, 3.63) is 59.5 Å². The fourth-order valence-electron chi connectivity index (χ4n) is 2.25. The molecule has 0 atom stereocenters. The standard InChI is InChI=1S/C16H11F3N2O2/c1-9-20-13-8-10(6-7-14(13)23-9)21-15(22)11-4-2-3-5-12(11)16(17,18)19/h2-8H,1H3,(H,21,22). The first-order chi connectivity index (χ1) is 10.8. The molecule has 0 aliphatic heterocycles. The monoisotopic (exact) mass is 320 g/mol. The number of carbonyl (C=O) groups excluding carboxylic acids is 1. The van der Waals surface area contributed by atoms with Crippen molar-refractivity contribution in [1.82, 2.24) is 4.98 Å². The van der Waals surface area contributed by atoms with Gasteiger partial charge in [-0.3, -0.25) is 4.79 Å². The quantitative estimate of drug-likeness (QED) is 0.761. The first-order valence-corrected chi connectivity index (χ1v) is 6.69. The van der Waals surface area contributed by atoms with Crippen molar-refractivity contribution < 1.29 is 22.4 Å². The average Bonchev–Trinajstić information content (AvgIpc) is 2.85. The van der Waals surface area contributed by atoms with Gasteiger partial charge in [0.1, 0.15) is 5.52 Å². The zero-order chi connectivity index (χ0) is 16.6. The molecule has 23 heavy (non-hydrogen) atoms. The highest BCUT2D eigenvalue weighted by Crippen LogP contribution is 2.32. The topological polar surface area (TPSA) is 55.1 Å². The van der Waals surface area contributed by atoms with Crippen molar-refractivity contribution in [3.8, 4) is 0 Å². The Balaban J connectivity index is 1.92. The van der Waals surface area contributed by atoms with Gasteiger partial charge >= 0.3 is 6.18 Å². The highest BCUT2D eigenvalue weighted by molar-refractivity contribution is 6.06. The van der Waals surface area contributed by atoms with Crippen LogP contribution < -0.4 is 5.32 Å². The normalized spacial score (nSPS) is 11.7. The van der Waals surface area contributed by atoms with E-state index in [1.807, 2.05) is 0 Å². The summed E-state index contributed by atoms with van der Waals surface area (Å²) in [7, 11) is 0. The van der Waals surface area contributed by atoms with Crippen LogP contribution in [-0.4, -0.2) is 10.9 Å². The minimum atomic E-state index is -4.60. The number of carbonyl (C=O) groups is 1. The number of anilines is 1. The van der Waals surface area contributed by atoms with Gasteiger partial charge < -0.3 is 9.73 Å². The third kappa shape index (κ3) is 3.03. The second-order valence-corrected chi connectivity index (χ2v) is 4.91. The van der Waals surface area contributed by atoms with Gasteiger partial charge in [-0.2, -0.15) is 13.2 Å². The van der Waals surface area contributed by atoms with Crippen molar-refractivity contribution >= 4 is 22.7 Å². The third-order valence-corrected chi connectivity index (χ3v) is 3.23. The van der Waals surface area contributed by atoms with Gasteiger partial charge in [-0.05, 0) is 30.3 Å². The van der Waals surface area contributed by atoms with Gasteiger partial charge in [0.25, 0.3) is 5.91 Å². The van der Waals surface area contributed by atoms with Crippen LogP contribution >= 0.6 is 0 Å². The molecular formula is C16H11F3N2O2. The molecule has 0 spiro atoms. The fraction of sp³-hybridized carbons (Fsp3) is 0.125. The first-order valence-electron chi connectivity index (χ1n) is 6.69. The first kappa shape index (κ1) is 15.1. The van der Waals surface area contributed by atoms with Crippen molar-refractivity contribution in [2.45, 2.75) is 13.1 Å². The SMILES string of the molecule is Cc1nc2cc(NC(=O)c3ccccc3C(F)(F)F)ccc2o1. The third-order valence-electron chi connectivity index (χ3n) is 3.23. The molecule has 1 N–H and O–H groups in total. The number of nitrogens with zero attached hydrogens (tertiary/aromatic N) is 1. The van der Waals surface area contributed by atoms with Crippen molar-refractivity contribution in [2.24, 2.45) is 0 Å². The van der Waals surface area contributed by atoms with Gasteiger partial charge in [0.05, 0.1) is 11.1 Å². The van der Waals surface area contributed by atoms with Gasteiger partial charge in [-0.25, -0.2) is 4.98 Å². The molecule has 1 heterocycles. The molecule has 0 unspecified atom stereocenters. The summed E-state index contributed by atoms with van der Waals surface area (Å²) in [4.78, 5) is 16.3. The molecule has 1 amide bonds. The number of hydrogen-bond donors (Lipinski definition) is 1. The molecule has 0 saturated carbocycles. The van der Waals surface area contributed by atoms with Crippen LogP contribution in [0.25, 0.3) is 11.1 Å². The smallest absolute Gasteiger partial charge is 0.417 e. The molecule has 0 fully saturated rings. The minimum absolute atomic E-state index is 0.341. The summed E-state index contributed by atoms with van der Waals surface area (Å²) < 4.78 is 44.2. The van der Waals surface area contributed by atoms with E-state index in [0.29, 0.717) is 22.7 Å². The van der Waals surface area contributed by atoms with Crippen molar-refractivity contribution in [1.29, 1.82) is 0 Å². The maximum absolute atomic E-state index is 13.0. The van der Waals surface area contributed by atoms with Crippen molar-refractivity contribution in [2.75, 3.05) is 5.32 Å². The number of fused-ring (bicyclic) bond motifs is 1. The number of hydrogen-bond acceptors (Lipinski definition) is 3. The maximum Gasteiger partial charge on any atom is 0.417 e. The molecule has 118 valence electrons. The maximum atomic E-state index is 13.0. The second-order valence-electron chi connectivity index (χ2n) is 4.91. The average molecular weight is 320 g/mol. The Hall–Kier alpha value is -2.83. The lowest BCUT2D eigenvalue weighted by atomic mass is 10.1. The Morgan fingerprint density at radius 2 is 1.91 bits per heavy atom. The van der Waals surface area contributed by atoms with Gasteiger partial charge in [-0.15, -0.1) is 0 Å². The number of aryl methyl sites for hydroxylation is 1. The molecule has 0 bridgehead atoms. The second kappa shape index (κ2) is 5.42. The van der Waals surface area contributed by atoms with E-state index < -0.39 is 23.2 Å². The molecule has 0 aliphatic rings. The number of rotatable bonds is 2. The number of amides is 1. The molecule has 7 heteroatoms. The molecule has 0 radical (unpaired) electrons. The molecule has 3 rings (SSSR count). The van der Waals surface area contributed by atoms with E-state index in [1.165, 1.54) is 12.1 Å². The lowest BCUT2D eigenvalue weighted by molar-refractivity contribution is -0.137. The summed E-state index contributed by atoms with van der Waals surface area (Å²) in [5.41, 5.74) is -0.0133. The van der Waals surface area contributed by atoms with Crippen LogP contribution in [0.1, 0.15) is 21.8 Å². The largest absolute Gasteiger partial charge is 0.441 e. The Labute approximate surface area is 128 Å². The molecular weight excluding hydrogens is 309 g/mol. The van der Waals surface area contributed by atoms with E-state index in [-0.39, 0.29) is 0 Å². The number of alkyl halides is 3. The van der Waals surface area contributed by atoms with E-state index in [0.717, 1.165) is 12.1 Å². The molecule has 0 saturated heterocycles. The zero-order valence-corrected chi connectivity index (χ0v) is 11.9. The summed E-state index contributed by atoms with van der Waals surface area (Å²) >= 11 is 0. The molecule has 3 aromatic rings. The Morgan fingerprint density at radius 3 is 2.65 bits per heavy atom. The highest BCUT2D eigenvalue weighted by atomic mass is 19.4. The number of oxazole rings is 1. The summed E-state index contributed by atoms with van der Waals surface area (Å²) in [6.45, 7) is 1.68. The van der Waals surface area contributed by atoms with Crippen LogP contribution in [0.2, 0.25) is 0 Å². The van der Waals surface area contributed by atoms with Crippen LogP contribution in [-0.2, 0) is 6.18 Å². The molecule has 4 nitrogen and oxygen atoms in total. The lowest BCUT2D eigenvalue weighted by Crippen LogP contribution is -2.18. The Morgan fingerprint density at radius 1 is 1.17 bits per heavy atom. The number of benzene rings is 2. The predicted octanol–water partition coefficient (Wildman–Crippen LogP) is 4.41. The van der Waals surface area contributed by atoms with Crippen LogP contribution in [0.5, 0.6) is 0 Å². The van der Waals surface area contributed by atoms with Gasteiger partial charge in [0.15, 0.2) is 11.5 Å². The zero-order valence-electron chi connectivity index (χ0n) is 11.9. The van der Waals surface area contributed by atoms with E-state index in [9.17, 15) is 18.0 Å². The summed E-state index contributed by atoms with van der Waals surface area (Å²) in [6.07, 6.45) is -4.60. The van der Waals surface area contributed by atoms with E-state index in [1.54, 1.807) is 25.1 Å². The van der Waals surface area contributed by atoms with Gasteiger partial charge in [0.2, 0.25) is 0 Å². The van der Waals surface area contributed by atoms with Crippen LogP contribution in [0, 0.1) is 6.92 Å². The fourth-order valence-corrected chi connectivity index (χ4v) is 2.25. The van der Waals surface area contributed by atoms with E-state index in [4.69, 9.17) is 4.42 Å². The Kier molecular flexibility index (Phi) is 3.55. The molecule has 0 aliphatic carbocycles. The summed E-state index contributed by atoms with van der Waals surface area (Å²) in [6, 6.07) is 9.32. The number of nitrogens with one attached hydrogen (secondary N) is 1. The van der Waals surface area contributed by atoms with Crippen LogP contribution in [0.3, 0.4) is 0 Å². The van der Waals surface area contributed by atoms with Crippen LogP contribution in [0.4, 0.5) is 18.9 Å².